The van der Waals surface area contributed by atoms with Crippen molar-refractivity contribution >= 4 is 17.1 Å². The van der Waals surface area contributed by atoms with Crippen molar-refractivity contribution in [2.24, 2.45) is 0 Å². The summed E-state index contributed by atoms with van der Waals surface area (Å²) in [7, 11) is 0. The van der Waals surface area contributed by atoms with E-state index >= 15 is 0 Å². The van der Waals surface area contributed by atoms with Gasteiger partial charge in [-0.05, 0) is 6.92 Å². The van der Waals surface area contributed by atoms with E-state index in [0.717, 1.165) is 6.54 Å². The summed E-state index contributed by atoms with van der Waals surface area (Å²) in [6.07, 6.45) is 5.53. The second-order valence-corrected chi connectivity index (χ2v) is 4.00. The van der Waals surface area contributed by atoms with E-state index in [2.05, 4.69) is 11.9 Å². The van der Waals surface area contributed by atoms with Crippen LogP contribution in [-0.2, 0) is 6.54 Å². The molecule has 0 spiro atoms. The van der Waals surface area contributed by atoms with Gasteiger partial charge in [-0.25, -0.2) is 4.98 Å². The number of hydrogen-bond acceptors (Lipinski definition) is 8. The molecule has 1 heterocycles. The van der Waals surface area contributed by atoms with Crippen LogP contribution in [0.1, 0.15) is 6.92 Å². The minimum absolute atomic E-state index is 0.447. The third-order valence-electron chi connectivity index (χ3n) is 2.58. The third-order valence-corrected chi connectivity index (χ3v) is 2.58. The van der Waals surface area contributed by atoms with Gasteiger partial charge in [-0.3, -0.25) is 30.3 Å². The third kappa shape index (κ3) is 4.45. The fourth-order valence-corrected chi connectivity index (χ4v) is 1.45. The lowest BCUT2D eigenvalue weighted by Gasteiger charge is -1.97. The topological polar surface area (TPSA) is 167 Å². The molecule has 2 rings (SSSR count). The highest BCUT2D eigenvalue weighted by atomic mass is 16.6. The van der Waals surface area contributed by atoms with Gasteiger partial charge >= 0.3 is 11.4 Å². The first-order chi connectivity index (χ1) is 10.8. The second kappa shape index (κ2) is 7.44. The van der Waals surface area contributed by atoms with E-state index in [9.17, 15) is 30.3 Å². The fourth-order valence-electron chi connectivity index (χ4n) is 1.45. The lowest BCUT2D eigenvalue weighted by atomic mass is 10.2. The van der Waals surface area contributed by atoms with E-state index in [0.29, 0.717) is 12.1 Å². The maximum Gasteiger partial charge on any atom is 0.324 e. The van der Waals surface area contributed by atoms with Gasteiger partial charge in [-0.2, -0.15) is 0 Å². The molecule has 1 N–H and O–H groups in total. The molecule has 0 aliphatic heterocycles. The molecule has 1 aromatic heterocycles. The number of non-ortho nitro benzene ring substituents is 1. The Morgan fingerprint density at radius 3 is 1.87 bits per heavy atom. The van der Waals surface area contributed by atoms with Gasteiger partial charge in [-0.1, -0.05) is 0 Å². The minimum atomic E-state index is -1.21. The average Bonchev–Trinajstić information content (AvgIpc) is 3.00. The van der Waals surface area contributed by atoms with Crippen LogP contribution in [0, 0.1) is 30.3 Å². The zero-order chi connectivity index (χ0) is 17.6. The maximum absolute atomic E-state index is 10.4. The maximum atomic E-state index is 10.4. The highest BCUT2D eigenvalue weighted by molar-refractivity contribution is 5.64. The van der Waals surface area contributed by atoms with E-state index in [1.165, 1.54) is 0 Å². The van der Waals surface area contributed by atoms with E-state index < -0.39 is 37.6 Å². The van der Waals surface area contributed by atoms with Crippen molar-refractivity contribution in [3.8, 4) is 5.75 Å². The first-order valence-corrected chi connectivity index (χ1v) is 6.03. The number of rotatable bonds is 4. The van der Waals surface area contributed by atoms with Gasteiger partial charge in [-0.15, -0.1) is 0 Å². The fraction of sp³-hybridized carbons (Fsp3) is 0.182. The van der Waals surface area contributed by atoms with Gasteiger partial charge in [0.05, 0.1) is 33.2 Å². The predicted molar refractivity (Wildman–Crippen MR) is 76.0 cm³/mol. The predicted octanol–water partition coefficient (Wildman–Crippen LogP) is 2.02. The van der Waals surface area contributed by atoms with Crippen LogP contribution in [-0.4, -0.2) is 29.4 Å². The zero-order valence-electron chi connectivity index (χ0n) is 11.7. The van der Waals surface area contributed by atoms with Gasteiger partial charge < -0.3 is 9.67 Å². The lowest BCUT2D eigenvalue weighted by Crippen LogP contribution is -1.97. The quantitative estimate of drug-likeness (QED) is 0.657. The molecule has 0 fully saturated rings. The van der Waals surface area contributed by atoms with Crippen molar-refractivity contribution in [1.82, 2.24) is 9.55 Å². The molecule has 0 radical (unpaired) electrons. The van der Waals surface area contributed by atoms with Crippen molar-refractivity contribution in [3.63, 3.8) is 0 Å². The Kier molecular flexibility index (Phi) is 5.66. The molecule has 0 saturated carbocycles. The first-order valence-electron chi connectivity index (χ1n) is 6.03. The second-order valence-electron chi connectivity index (χ2n) is 4.00. The minimum Gasteiger partial charge on any atom is -0.497 e. The molecule has 0 aliphatic carbocycles. The van der Waals surface area contributed by atoms with Crippen LogP contribution in [0.25, 0.3) is 0 Å². The number of aromatic hydroxyl groups is 1. The lowest BCUT2D eigenvalue weighted by molar-refractivity contribution is -0.404. The number of nitro benzene ring substituents is 3. The van der Waals surface area contributed by atoms with Crippen LogP contribution in [0.5, 0.6) is 5.75 Å². The molecule has 23 heavy (non-hydrogen) atoms. The Morgan fingerprint density at radius 1 is 1.09 bits per heavy atom. The monoisotopic (exact) mass is 325 g/mol. The normalized spacial score (nSPS) is 9.61. The molecule has 2 aromatic rings. The summed E-state index contributed by atoms with van der Waals surface area (Å²) in [6, 6.07) is 0.894. The number of hydrogen-bond donors (Lipinski definition) is 1. The summed E-state index contributed by atoms with van der Waals surface area (Å²) in [6.45, 7) is 3.10. The Balaban J connectivity index is 0.000000313. The van der Waals surface area contributed by atoms with Crippen molar-refractivity contribution < 1.29 is 19.9 Å². The van der Waals surface area contributed by atoms with Crippen molar-refractivity contribution in [3.05, 3.63) is 61.2 Å². The Morgan fingerprint density at radius 2 is 1.61 bits per heavy atom. The molecule has 0 aliphatic rings. The number of phenols is 1. The summed E-state index contributed by atoms with van der Waals surface area (Å²) >= 11 is 0. The number of imidazole rings is 1. The standard InChI is InChI=1S/C6H3N3O7.C5H8N2/c10-6-4(8(13)14)1-3(7(11)12)2-5(6)9(15)16;1-2-7-4-3-6-5-7/h1-2,10H;3-5H,2H2,1H3. The summed E-state index contributed by atoms with van der Waals surface area (Å²) in [5.41, 5.74) is -3.00. The van der Waals surface area contributed by atoms with E-state index in [-0.39, 0.29) is 0 Å². The SMILES string of the molecule is CCn1ccnc1.O=[N+]([O-])c1cc([N+](=O)[O-])c(O)c([N+](=O)[O-])c1. The number of aromatic nitrogens is 2. The molecular weight excluding hydrogens is 314 g/mol. The number of nitro groups is 3. The molecule has 12 nitrogen and oxygen atoms in total. The zero-order valence-corrected chi connectivity index (χ0v) is 11.7. The van der Waals surface area contributed by atoms with Crippen molar-refractivity contribution in [1.29, 1.82) is 0 Å². The average molecular weight is 325 g/mol. The van der Waals surface area contributed by atoms with Crippen LogP contribution in [0.3, 0.4) is 0 Å². The number of benzene rings is 1. The molecule has 0 amide bonds. The van der Waals surface area contributed by atoms with E-state index in [1.54, 1.807) is 12.5 Å². The Labute approximate surface area is 128 Å². The van der Waals surface area contributed by atoms with Gasteiger partial charge in [0, 0.05) is 18.9 Å². The largest absolute Gasteiger partial charge is 0.497 e. The molecule has 0 atom stereocenters. The highest BCUT2D eigenvalue weighted by Crippen LogP contribution is 2.38. The molecule has 12 heteroatoms. The number of aryl methyl sites for hydroxylation is 1. The van der Waals surface area contributed by atoms with Crippen molar-refractivity contribution in [2.75, 3.05) is 0 Å². The summed E-state index contributed by atoms with van der Waals surface area (Å²) in [5.74, 6) is -1.21. The molecular formula is C11H11N5O7. The van der Waals surface area contributed by atoms with Gasteiger partial charge in [0.2, 0.25) is 0 Å². The van der Waals surface area contributed by atoms with E-state index in [1.807, 2.05) is 10.8 Å². The number of phenolic OH excluding ortho intramolecular Hbond substituents is 1. The van der Waals surface area contributed by atoms with Gasteiger partial charge in [0.1, 0.15) is 0 Å². The number of nitrogens with zero attached hydrogens (tertiary/aromatic N) is 5. The van der Waals surface area contributed by atoms with Gasteiger partial charge in [0.25, 0.3) is 11.4 Å². The molecule has 122 valence electrons. The Bertz CT molecular complexity index is 693. The van der Waals surface area contributed by atoms with Crippen LogP contribution in [0.2, 0.25) is 0 Å². The van der Waals surface area contributed by atoms with E-state index in [4.69, 9.17) is 5.11 Å². The molecule has 1 aromatic carbocycles. The first kappa shape index (κ1) is 17.5. The van der Waals surface area contributed by atoms with Crippen molar-refractivity contribution in [2.45, 2.75) is 13.5 Å². The van der Waals surface area contributed by atoms with Gasteiger partial charge in [0.15, 0.2) is 0 Å². The molecule has 0 bridgehead atoms. The summed E-state index contributed by atoms with van der Waals surface area (Å²) in [4.78, 5) is 31.6. The molecule has 0 saturated heterocycles. The summed E-state index contributed by atoms with van der Waals surface area (Å²) in [5, 5.41) is 40.2. The Hall–Kier alpha value is -3.57. The van der Waals surface area contributed by atoms with Crippen LogP contribution < -0.4 is 0 Å². The van der Waals surface area contributed by atoms with Crippen LogP contribution in [0.4, 0.5) is 17.1 Å². The smallest absolute Gasteiger partial charge is 0.324 e. The highest BCUT2D eigenvalue weighted by Gasteiger charge is 2.30. The van der Waals surface area contributed by atoms with Crippen LogP contribution >= 0.6 is 0 Å². The summed E-state index contributed by atoms with van der Waals surface area (Å²) < 4.78 is 2.01. The van der Waals surface area contributed by atoms with Crippen LogP contribution in [0.15, 0.2) is 30.9 Å². The molecule has 0 unspecified atom stereocenters.